The van der Waals surface area contributed by atoms with Crippen molar-refractivity contribution in [3.8, 4) is 0 Å². The highest BCUT2D eigenvalue weighted by Crippen LogP contribution is 2.24. The fraction of sp³-hybridized carbons (Fsp3) is 0.500. The molecule has 2 N–H and O–H groups in total. The van der Waals surface area contributed by atoms with Crippen molar-refractivity contribution in [2.75, 3.05) is 47.3 Å². The molecule has 0 aromatic heterocycles. The molecule has 120 valence electrons. The Labute approximate surface area is 131 Å². The summed E-state index contributed by atoms with van der Waals surface area (Å²) in [5.41, 5.74) is 7.07. The van der Waals surface area contributed by atoms with Crippen LogP contribution in [0, 0.1) is 0 Å². The summed E-state index contributed by atoms with van der Waals surface area (Å²) in [5.74, 6) is -0.311. The molecule has 0 radical (unpaired) electrons. The standard InChI is InChI=1S/C16H24N4O2/c1-18(2)16(22)13-6-4-5-12(9-13)14-10-20(11-15(17)21)8-7-19(14)3/h4-6,9,14H,7-8,10-11H2,1-3H3,(H2,17,21)/t14-/m0/s1. The molecule has 6 heteroatoms. The van der Waals surface area contributed by atoms with Crippen LogP contribution in [0.25, 0.3) is 0 Å². The summed E-state index contributed by atoms with van der Waals surface area (Å²) < 4.78 is 0. The summed E-state index contributed by atoms with van der Waals surface area (Å²) in [6.45, 7) is 2.70. The van der Waals surface area contributed by atoms with Gasteiger partial charge in [-0.15, -0.1) is 0 Å². The maximum absolute atomic E-state index is 12.1. The van der Waals surface area contributed by atoms with Crippen molar-refractivity contribution in [3.05, 3.63) is 35.4 Å². The van der Waals surface area contributed by atoms with Gasteiger partial charge in [-0.1, -0.05) is 12.1 Å². The summed E-state index contributed by atoms with van der Waals surface area (Å²) >= 11 is 0. The molecule has 1 atom stereocenters. The largest absolute Gasteiger partial charge is 0.369 e. The second-order valence-electron chi connectivity index (χ2n) is 6.02. The maximum atomic E-state index is 12.1. The van der Waals surface area contributed by atoms with Crippen LogP contribution in [-0.2, 0) is 4.79 Å². The van der Waals surface area contributed by atoms with Gasteiger partial charge in [0.25, 0.3) is 5.91 Å². The average Bonchev–Trinajstić information content (AvgIpc) is 2.48. The smallest absolute Gasteiger partial charge is 0.253 e. The Balaban J connectivity index is 2.20. The van der Waals surface area contributed by atoms with Gasteiger partial charge in [0, 0.05) is 45.3 Å². The monoisotopic (exact) mass is 304 g/mol. The van der Waals surface area contributed by atoms with Crippen LogP contribution in [0.4, 0.5) is 0 Å². The molecule has 0 unspecified atom stereocenters. The number of benzene rings is 1. The van der Waals surface area contributed by atoms with E-state index in [0.29, 0.717) is 5.56 Å². The van der Waals surface area contributed by atoms with Gasteiger partial charge in [0.15, 0.2) is 0 Å². The topological polar surface area (TPSA) is 69.9 Å². The number of carbonyl (C=O) groups is 2. The number of primary amides is 1. The van der Waals surface area contributed by atoms with E-state index in [1.807, 2.05) is 24.3 Å². The van der Waals surface area contributed by atoms with E-state index in [2.05, 4.69) is 16.8 Å². The van der Waals surface area contributed by atoms with Crippen molar-refractivity contribution in [1.29, 1.82) is 0 Å². The van der Waals surface area contributed by atoms with Crippen LogP contribution in [0.15, 0.2) is 24.3 Å². The molecule has 0 bridgehead atoms. The molecule has 0 spiro atoms. The van der Waals surface area contributed by atoms with E-state index in [4.69, 9.17) is 5.73 Å². The number of amides is 2. The van der Waals surface area contributed by atoms with Crippen molar-refractivity contribution < 1.29 is 9.59 Å². The zero-order valence-electron chi connectivity index (χ0n) is 13.5. The van der Waals surface area contributed by atoms with Crippen LogP contribution in [-0.4, -0.2) is 73.8 Å². The van der Waals surface area contributed by atoms with E-state index in [0.717, 1.165) is 25.2 Å². The van der Waals surface area contributed by atoms with Gasteiger partial charge in [-0.05, 0) is 24.7 Å². The number of carbonyl (C=O) groups excluding carboxylic acids is 2. The first-order chi connectivity index (χ1) is 10.4. The first kappa shape index (κ1) is 16.5. The van der Waals surface area contributed by atoms with Gasteiger partial charge in [-0.2, -0.15) is 0 Å². The van der Waals surface area contributed by atoms with E-state index in [1.54, 1.807) is 19.0 Å². The first-order valence-corrected chi connectivity index (χ1v) is 7.41. The van der Waals surface area contributed by atoms with Gasteiger partial charge in [-0.25, -0.2) is 0 Å². The molecule has 22 heavy (non-hydrogen) atoms. The Morgan fingerprint density at radius 1 is 1.32 bits per heavy atom. The molecule has 0 saturated carbocycles. The quantitative estimate of drug-likeness (QED) is 0.860. The first-order valence-electron chi connectivity index (χ1n) is 7.41. The van der Waals surface area contributed by atoms with Crippen LogP contribution >= 0.6 is 0 Å². The molecule has 1 fully saturated rings. The highest BCUT2D eigenvalue weighted by Gasteiger charge is 2.26. The molecule has 1 aromatic rings. The third-order valence-corrected chi connectivity index (χ3v) is 4.04. The third-order valence-electron chi connectivity index (χ3n) is 4.04. The number of nitrogens with zero attached hydrogens (tertiary/aromatic N) is 3. The Morgan fingerprint density at radius 3 is 2.68 bits per heavy atom. The second kappa shape index (κ2) is 6.89. The van der Waals surface area contributed by atoms with E-state index in [-0.39, 0.29) is 24.4 Å². The minimum atomic E-state index is -0.306. The third kappa shape index (κ3) is 3.84. The van der Waals surface area contributed by atoms with Gasteiger partial charge in [-0.3, -0.25) is 19.4 Å². The van der Waals surface area contributed by atoms with Crippen LogP contribution in [0.1, 0.15) is 22.0 Å². The molecule has 6 nitrogen and oxygen atoms in total. The van der Waals surface area contributed by atoms with Crippen LogP contribution < -0.4 is 5.73 Å². The number of hydrogen-bond acceptors (Lipinski definition) is 4. The Hall–Kier alpha value is -1.92. The maximum Gasteiger partial charge on any atom is 0.253 e. The Kier molecular flexibility index (Phi) is 5.15. The van der Waals surface area contributed by atoms with Crippen LogP contribution in [0.5, 0.6) is 0 Å². The van der Waals surface area contributed by atoms with Gasteiger partial charge in [0.2, 0.25) is 5.91 Å². The molecule has 1 heterocycles. The lowest BCUT2D eigenvalue weighted by Crippen LogP contribution is -2.49. The number of piperazine rings is 1. The SMILES string of the molecule is CN(C)C(=O)c1cccc([C@@H]2CN(CC(N)=O)CCN2C)c1. The molecule has 2 rings (SSSR count). The second-order valence-corrected chi connectivity index (χ2v) is 6.02. The molecular weight excluding hydrogens is 280 g/mol. The minimum absolute atomic E-state index is 0.00527. The lowest BCUT2D eigenvalue weighted by molar-refractivity contribution is -0.119. The van der Waals surface area contributed by atoms with E-state index >= 15 is 0 Å². The van der Waals surface area contributed by atoms with Gasteiger partial charge < -0.3 is 10.6 Å². The summed E-state index contributed by atoms with van der Waals surface area (Å²) in [4.78, 5) is 29.1. The summed E-state index contributed by atoms with van der Waals surface area (Å²) in [5, 5.41) is 0. The zero-order valence-corrected chi connectivity index (χ0v) is 13.5. The molecular formula is C16H24N4O2. The normalized spacial score (nSPS) is 19.9. The fourth-order valence-electron chi connectivity index (χ4n) is 2.79. The Bertz CT molecular complexity index is 559. The zero-order chi connectivity index (χ0) is 16.3. The molecule has 1 aromatic carbocycles. The number of likely N-dealkylation sites (N-methyl/N-ethyl adjacent to an activating group) is 1. The molecule has 1 aliphatic rings. The van der Waals surface area contributed by atoms with E-state index in [9.17, 15) is 9.59 Å². The minimum Gasteiger partial charge on any atom is -0.369 e. The van der Waals surface area contributed by atoms with Gasteiger partial charge in [0.1, 0.15) is 0 Å². The predicted octanol–water partition coefficient (Wildman–Crippen LogP) is 0.162. The average molecular weight is 304 g/mol. The van der Waals surface area contributed by atoms with Crippen molar-refractivity contribution in [3.63, 3.8) is 0 Å². The van der Waals surface area contributed by atoms with Crippen molar-refractivity contribution >= 4 is 11.8 Å². The molecule has 1 aliphatic heterocycles. The van der Waals surface area contributed by atoms with E-state index < -0.39 is 0 Å². The summed E-state index contributed by atoms with van der Waals surface area (Å²) in [6, 6.07) is 7.87. The number of nitrogens with two attached hydrogens (primary N) is 1. The lowest BCUT2D eigenvalue weighted by atomic mass is 10.00. The molecule has 2 amide bonds. The Morgan fingerprint density at radius 2 is 2.05 bits per heavy atom. The fourth-order valence-corrected chi connectivity index (χ4v) is 2.79. The lowest BCUT2D eigenvalue weighted by Gasteiger charge is -2.39. The molecule has 1 saturated heterocycles. The van der Waals surface area contributed by atoms with Crippen molar-refractivity contribution in [2.45, 2.75) is 6.04 Å². The number of rotatable bonds is 4. The van der Waals surface area contributed by atoms with E-state index in [1.165, 1.54) is 0 Å². The summed E-state index contributed by atoms with van der Waals surface area (Å²) in [6.07, 6.45) is 0. The number of hydrogen-bond donors (Lipinski definition) is 1. The van der Waals surface area contributed by atoms with Gasteiger partial charge in [0.05, 0.1) is 6.54 Å². The summed E-state index contributed by atoms with van der Waals surface area (Å²) in [7, 11) is 5.55. The van der Waals surface area contributed by atoms with Crippen molar-refractivity contribution in [1.82, 2.24) is 14.7 Å². The highest BCUT2D eigenvalue weighted by atomic mass is 16.2. The van der Waals surface area contributed by atoms with Crippen LogP contribution in [0.3, 0.4) is 0 Å². The highest BCUT2D eigenvalue weighted by molar-refractivity contribution is 5.94. The van der Waals surface area contributed by atoms with Crippen LogP contribution in [0.2, 0.25) is 0 Å². The predicted molar refractivity (Wildman–Crippen MR) is 85.5 cm³/mol. The molecule has 0 aliphatic carbocycles. The van der Waals surface area contributed by atoms with Crippen molar-refractivity contribution in [2.24, 2.45) is 5.73 Å². The van der Waals surface area contributed by atoms with Gasteiger partial charge >= 0.3 is 0 Å².